The Balaban J connectivity index is 2.97. The number of ether oxygens (including phenoxy) is 1. The molecule has 0 aromatic heterocycles. The minimum atomic E-state index is -0.346. The molecule has 0 radical (unpaired) electrons. The van der Waals surface area contributed by atoms with Gasteiger partial charge in [0.15, 0.2) is 11.6 Å². The van der Waals surface area contributed by atoms with Crippen LogP contribution in [-0.2, 0) is 6.54 Å². The van der Waals surface area contributed by atoms with E-state index >= 15 is 0 Å². The molecule has 2 nitrogen and oxygen atoms in total. The maximum absolute atomic E-state index is 13.3. The molecule has 0 saturated carbocycles. The van der Waals surface area contributed by atoms with Crippen molar-refractivity contribution >= 4 is 0 Å². The molecule has 0 aliphatic carbocycles. The molecule has 3 heteroatoms. The molecule has 0 atom stereocenters. The third-order valence-corrected chi connectivity index (χ3v) is 1.56. The fourth-order valence-electron chi connectivity index (χ4n) is 0.981. The highest BCUT2D eigenvalue weighted by atomic mass is 19.1. The zero-order valence-corrected chi connectivity index (χ0v) is 7.01. The van der Waals surface area contributed by atoms with Gasteiger partial charge < -0.3 is 10.5 Å². The monoisotopic (exact) mass is 169 g/mol. The van der Waals surface area contributed by atoms with Gasteiger partial charge in [-0.1, -0.05) is 12.1 Å². The van der Waals surface area contributed by atoms with Crippen LogP contribution in [0, 0.1) is 5.82 Å². The van der Waals surface area contributed by atoms with Crippen LogP contribution in [0.1, 0.15) is 12.5 Å². The molecule has 12 heavy (non-hydrogen) atoms. The van der Waals surface area contributed by atoms with E-state index in [2.05, 4.69) is 0 Å². The van der Waals surface area contributed by atoms with Crippen LogP contribution < -0.4 is 10.5 Å². The molecule has 1 aromatic rings. The van der Waals surface area contributed by atoms with Gasteiger partial charge in [0.05, 0.1) is 6.61 Å². The lowest BCUT2D eigenvalue weighted by molar-refractivity contribution is 0.320. The fraction of sp³-hybridized carbons (Fsp3) is 0.333. The number of rotatable bonds is 3. The van der Waals surface area contributed by atoms with Gasteiger partial charge in [0.1, 0.15) is 0 Å². The van der Waals surface area contributed by atoms with Crippen LogP contribution in [0.3, 0.4) is 0 Å². The fourth-order valence-corrected chi connectivity index (χ4v) is 0.981. The van der Waals surface area contributed by atoms with Crippen molar-refractivity contribution in [3.63, 3.8) is 0 Å². The van der Waals surface area contributed by atoms with Gasteiger partial charge in [0.2, 0.25) is 0 Å². The minimum Gasteiger partial charge on any atom is -0.491 e. The van der Waals surface area contributed by atoms with Crippen molar-refractivity contribution in [3.8, 4) is 5.75 Å². The SMILES string of the molecule is CCOc1cccc(CN)c1F. The largest absolute Gasteiger partial charge is 0.491 e. The first kappa shape index (κ1) is 9.00. The summed E-state index contributed by atoms with van der Waals surface area (Å²) in [6, 6.07) is 4.98. The zero-order valence-electron chi connectivity index (χ0n) is 7.01. The third kappa shape index (κ3) is 1.74. The van der Waals surface area contributed by atoms with E-state index in [1.165, 1.54) is 0 Å². The molecule has 0 unspecified atom stereocenters. The number of benzene rings is 1. The molecular formula is C9H12FNO. The number of halogens is 1. The van der Waals surface area contributed by atoms with Gasteiger partial charge in [-0.2, -0.15) is 0 Å². The van der Waals surface area contributed by atoms with Gasteiger partial charge in [0.25, 0.3) is 0 Å². The maximum Gasteiger partial charge on any atom is 0.169 e. The van der Waals surface area contributed by atoms with Crippen molar-refractivity contribution in [1.82, 2.24) is 0 Å². The first-order chi connectivity index (χ1) is 5.79. The van der Waals surface area contributed by atoms with E-state index in [9.17, 15) is 4.39 Å². The lowest BCUT2D eigenvalue weighted by Crippen LogP contribution is -2.02. The zero-order chi connectivity index (χ0) is 8.97. The Morgan fingerprint density at radius 3 is 2.83 bits per heavy atom. The van der Waals surface area contributed by atoms with Crippen LogP contribution in [0.4, 0.5) is 4.39 Å². The van der Waals surface area contributed by atoms with Gasteiger partial charge in [-0.15, -0.1) is 0 Å². The van der Waals surface area contributed by atoms with Crippen molar-refractivity contribution in [3.05, 3.63) is 29.6 Å². The predicted octanol–water partition coefficient (Wildman–Crippen LogP) is 1.68. The van der Waals surface area contributed by atoms with E-state index in [1.807, 2.05) is 6.92 Å². The molecule has 0 heterocycles. The maximum atomic E-state index is 13.3. The summed E-state index contributed by atoms with van der Waals surface area (Å²) in [7, 11) is 0. The summed E-state index contributed by atoms with van der Waals surface area (Å²) in [5.41, 5.74) is 5.81. The quantitative estimate of drug-likeness (QED) is 0.747. The van der Waals surface area contributed by atoms with Gasteiger partial charge in [-0.05, 0) is 13.0 Å². The first-order valence-corrected chi connectivity index (χ1v) is 3.89. The second kappa shape index (κ2) is 4.07. The lowest BCUT2D eigenvalue weighted by Gasteiger charge is -2.06. The summed E-state index contributed by atoms with van der Waals surface area (Å²) in [6.07, 6.45) is 0. The Hall–Kier alpha value is -1.09. The predicted molar refractivity (Wildman–Crippen MR) is 45.5 cm³/mol. The van der Waals surface area contributed by atoms with Crippen LogP contribution in [0.2, 0.25) is 0 Å². The normalized spacial score (nSPS) is 9.92. The van der Waals surface area contributed by atoms with Crippen molar-refractivity contribution in [1.29, 1.82) is 0 Å². The molecule has 66 valence electrons. The Kier molecular flexibility index (Phi) is 3.05. The van der Waals surface area contributed by atoms with Crippen molar-refractivity contribution in [2.24, 2.45) is 5.73 Å². The van der Waals surface area contributed by atoms with Gasteiger partial charge in [0, 0.05) is 12.1 Å². The number of hydrogen-bond acceptors (Lipinski definition) is 2. The highest BCUT2D eigenvalue weighted by Crippen LogP contribution is 2.19. The number of hydrogen-bond donors (Lipinski definition) is 1. The molecule has 1 rings (SSSR count). The second-order valence-electron chi connectivity index (χ2n) is 2.37. The van der Waals surface area contributed by atoms with Crippen LogP contribution in [0.5, 0.6) is 5.75 Å². The Morgan fingerprint density at radius 2 is 2.25 bits per heavy atom. The molecule has 0 aliphatic heterocycles. The van der Waals surface area contributed by atoms with Crippen LogP contribution >= 0.6 is 0 Å². The topological polar surface area (TPSA) is 35.2 Å². The molecule has 1 aromatic carbocycles. The molecule has 0 saturated heterocycles. The average molecular weight is 169 g/mol. The molecule has 0 fully saturated rings. The third-order valence-electron chi connectivity index (χ3n) is 1.56. The Labute approximate surface area is 71.1 Å². The van der Waals surface area contributed by atoms with E-state index in [0.29, 0.717) is 12.2 Å². The second-order valence-corrected chi connectivity index (χ2v) is 2.37. The van der Waals surface area contributed by atoms with Crippen molar-refractivity contribution < 1.29 is 9.13 Å². The summed E-state index contributed by atoms with van der Waals surface area (Å²) in [5, 5.41) is 0. The summed E-state index contributed by atoms with van der Waals surface area (Å²) < 4.78 is 18.3. The molecule has 0 spiro atoms. The Morgan fingerprint density at radius 1 is 1.50 bits per heavy atom. The summed E-state index contributed by atoms with van der Waals surface area (Å²) in [5.74, 6) is -0.0673. The highest BCUT2D eigenvalue weighted by molar-refractivity contribution is 5.30. The summed E-state index contributed by atoms with van der Waals surface area (Å²) in [6.45, 7) is 2.48. The van der Waals surface area contributed by atoms with E-state index in [1.54, 1.807) is 18.2 Å². The lowest BCUT2D eigenvalue weighted by atomic mass is 10.2. The summed E-state index contributed by atoms with van der Waals surface area (Å²) in [4.78, 5) is 0. The van der Waals surface area contributed by atoms with Crippen molar-refractivity contribution in [2.45, 2.75) is 13.5 Å². The molecule has 0 amide bonds. The smallest absolute Gasteiger partial charge is 0.169 e. The van der Waals surface area contributed by atoms with E-state index < -0.39 is 0 Å². The van der Waals surface area contributed by atoms with Crippen LogP contribution in [-0.4, -0.2) is 6.61 Å². The van der Waals surface area contributed by atoms with E-state index in [-0.39, 0.29) is 18.1 Å². The average Bonchev–Trinajstić information content (AvgIpc) is 2.09. The van der Waals surface area contributed by atoms with Crippen LogP contribution in [0.25, 0.3) is 0 Å². The Bertz CT molecular complexity index is 263. The highest BCUT2D eigenvalue weighted by Gasteiger charge is 2.06. The molecule has 0 aliphatic rings. The van der Waals surface area contributed by atoms with E-state index in [0.717, 1.165) is 0 Å². The number of nitrogens with two attached hydrogens (primary N) is 1. The van der Waals surface area contributed by atoms with Crippen molar-refractivity contribution in [2.75, 3.05) is 6.61 Å². The molecule has 0 bridgehead atoms. The first-order valence-electron chi connectivity index (χ1n) is 3.89. The van der Waals surface area contributed by atoms with E-state index in [4.69, 9.17) is 10.5 Å². The van der Waals surface area contributed by atoms with Gasteiger partial charge >= 0.3 is 0 Å². The van der Waals surface area contributed by atoms with Gasteiger partial charge in [-0.3, -0.25) is 0 Å². The molecule has 2 N–H and O–H groups in total. The summed E-state index contributed by atoms with van der Waals surface area (Å²) >= 11 is 0. The minimum absolute atomic E-state index is 0.201. The molecular weight excluding hydrogens is 157 g/mol. The van der Waals surface area contributed by atoms with Gasteiger partial charge in [-0.25, -0.2) is 4.39 Å². The standard InChI is InChI=1S/C9H12FNO/c1-2-12-8-5-3-4-7(6-11)9(8)10/h3-5H,2,6,11H2,1H3. The van der Waals surface area contributed by atoms with Crippen LogP contribution in [0.15, 0.2) is 18.2 Å².